The van der Waals surface area contributed by atoms with Gasteiger partial charge in [-0.25, -0.2) is 5.43 Å². The summed E-state index contributed by atoms with van der Waals surface area (Å²) in [5.41, 5.74) is 5.24. The molecule has 13 heavy (non-hydrogen) atoms. The zero-order valence-corrected chi connectivity index (χ0v) is 7.50. The molecule has 1 rings (SSSR count). The molecule has 0 saturated carbocycles. The van der Waals surface area contributed by atoms with Gasteiger partial charge in [-0.3, -0.25) is 15.2 Å². The van der Waals surface area contributed by atoms with Crippen LogP contribution in [-0.2, 0) is 0 Å². The van der Waals surface area contributed by atoms with Crippen molar-refractivity contribution in [3.05, 3.63) is 24.0 Å². The lowest BCUT2D eigenvalue weighted by molar-refractivity contribution is 0.0932. The maximum Gasteiger partial charge on any atom is 0.284 e. The number of pyridine rings is 1. The van der Waals surface area contributed by atoms with Gasteiger partial charge in [-0.05, 0) is 6.07 Å². The monoisotopic (exact) mass is 181 g/mol. The normalized spacial score (nSPS) is 9.38. The minimum absolute atomic E-state index is 0.290. The number of nitrogens with zero attached hydrogens (tertiary/aromatic N) is 1. The molecule has 70 valence electrons. The smallest absolute Gasteiger partial charge is 0.284 e. The summed E-state index contributed by atoms with van der Waals surface area (Å²) in [5, 5.41) is 0. The highest BCUT2D eigenvalue weighted by Crippen LogP contribution is 2.09. The molecule has 0 aliphatic carbocycles. The molecule has 0 aliphatic rings. The van der Waals surface area contributed by atoms with Crippen molar-refractivity contribution in [1.82, 2.24) is 15.8 Å². The number of carbonyl (C=O) groups is 1. The van der Waals surface area contributed by atoms with Crippen LogP contribution in [0.3, 0.4) is 0 Å². The standard InChI is InChI=1S/C8H11N3O2/c1-9-11-8(12)7-5-6(13-2)3-4-10-7/h3-5,9H,1-2H3,(H,11,12). The van der Waals surface area contributed by atoms with E-state index in [1.807, 2.05) is 0 Å². The molecule has 0 aliphatic heterocycles. The largest absolute Gasteiger partial charge is 0.497 e. The molecular formula is C8H11N3O2. The summed E-state index contributed by atoms with van der Waals surface area (Å²) in [4.78, 5) is 15.1. The van der Waals surface area contributed by atoms with Crippen LogP contribution in [0.15, 0.2) is 18.3 Å². The fraction of sp³-hybridized carbons (Fsp3) is 0.250. The van der Waals surface area contributed by atoms with Gasteiger partial charge in [0.2, 0.25) is 0 Å². The highest BCUT2D eigenvalue weighted by Gasteiger charge is 2.05. The van der Waals surface area contributed by atoms with E-state index in [2.05, 4.69) is 15.8 Å². The van der Waals surface area contributed by atoms with Gasteiger partial charge in [-0.1, -0.05) is 0 Å². The maximum atomic E-state index is 11.2. The molecule has 5 heteroatoms. The van der Waals surface area contributed by atoms with Crippen LogP contribution in [-0.4, -0.2) is 25.0 Å². The van der Waals surface area contributed by atoms with Gasteiger partial charge < -0.3 is 4.74 Å². The molecule has 1 heterocycles. The second-order valence-corrected chi connectivity index (χ2v) is 2.29. The van der Waals surface area contributed by atoms with E-state index in [4.69, 9.17) is 4.74 Å². The van der Waals surface area contributed by atoms with E-state index in [0.29, 0.717) is 11.4 Å². The minimum atomic E-state index is -0.290. The molecule has 0 saturated heterocycles. The van der Waals surface area contributed by atoms with Crippen molar-refractivity contribution in [2.24, 2.45) is 0 Å². The van der Waals surface area contributed by atoms with Crippen LogP contribution < -0.4 is 15.6 Å². The third-order valence-electron chi connectivity index (χ3n) is 1.44. The van der Waals surface area contributed by atoms with Crippen molar-refractivity contribution in [2.45, 2.75) is 0 Å². The Hall–Kier alpha value is -1.62. The zero-order valence-electron chi connectivity index (χ0n) is 7.50. The summed E-state index contributed by atoms with van der Waals surface area (Å²) in [5.74, 6) is 0.317. The van der Waals surface area contributed by atoms with E-state index in [0.717, 1.165) is 0 Å². The van der Waals surface area contributed by atoms with Crippen LogP contribution >= 0.6 is 0 Å². The van der Waals surface area contributed by atoms with Gasteiger partial charge in [0.15, 0.2) is 0 Å². The van der Waals surface area contributed by atoms with Gasteiger partial charge >= 0.3 is 0 Å². The van der Waals surface area contributed by atoms with Gasteiger partial charge in [0.25, 0.3) is 5.91 Å². The molecular weight excluding hydrogens is 170 g/mol. The van der Waals surface area contributed by atoms with Crippen LogP contribution in [0.25, 0.3) is 0 Å². The Bertz CT molecular complexity index is 301. The molecule has 2 N–H and O–H groups in total. The number of ether oxygens (including phenoxy) is 1. The second kappa shape index (κ2) is 4.42. The molecule has 1 aromatic rings. The average Bonchev–Trinajstić information content (AvgIpc) is 2.18. The Morgan fingerprint density at radius 2 is 2.38 bits per heavy atom. The number of hydrazine groups is 1. The number of carbonyl (C=O) groups excluding carboxylic acids is 1. The topological polar surface area (TPSA) is 63.2 Å². The van der Waals surface area contributed by atoms with E-state index in [1.165, 1.54) is 13.3 Å². The number of amides is 1. The highest BCUT2D eigenvalue weighted by molar-refractivity contribution is 5.92. The fourth-order valence-corrected chi connectivity index (χ4v) is 0.840. The van der Waals surface area contributed by atoms with E-state index in [1.54, 1.807) is 19.2 Å². The first-order chi connectivity index (χ1) is 6.27. The summed E-state index contributed by atoms with van der Waals surface area (Å²) in [6, 6.07) is 3.24. The molecule has 0 radical (unpaired) electrons. The van der Waals surface area contributed by atoms with E-state index < -0.39 is 0 Å². The molecule has 0 unspecified atom stereocenters. The Morgan fingerprint density at radius 3 is 3.00 bits per heavy atom. The third-order valence-corrected chi connectivity index (χ3v) is 1.44. The predicted octanol–water partition coefficient (Wildman–Crippen LogP) is -0.0456. The van der Waals surface area contributed by atoms with E-state index in [9.17, 15) is 4.79 Å². The first kappa shape index (κ1) is 9.47. The van der Waals surface area contributed by atoms with Crippen molar-refractivity contribution in [2.75, 3.05) is 14.2 Å². The molecule has 0 aromatic carbocycles. The molecule has 0 atom stereocenters. The Kier molecular flexibility index (Phi) is 3.22. The van der Waals surface area contributed by atoms with Gasteiger partial charge in [0.1, 0.15) is 11.4 Å². The van der Waals surface area contributed by atoms with Crippen molar-refractivity contribution in [1.29, 1.82) is 0 Å². The zero-order chi connectivity index (χ0) is 9.68. The molecule has 0 bridgehead atoms. The number of nitrogens with one attached hydrogen (secondary N) is 2. The van der Waals surface area contributed by atoms with Gasteiger partial charge in [-0.2, -0.15) is 0 Å². The van der Waals surface area contributed by atoms with E-state index >= 15 is 0 Å². The molecule has 1 aromatic heterocycles. The average molecular weight is 181 g/mol. The van der Waals surface area contributed by atoms with Crippen LogP contribution in [0.4, 0.5) is 0 Å². The Balaban J connectivity index is 2.82. The summed E-state index contributed by atoms with van der Waals surface area (Å²) >= 11 is 0. The molecule has 0 spiro atoms. The summed E-state index contributed by atoms with van der Waals surface area (Å²) in [6.07, 6.45) is 1.52. The lowest BCUT2D eigenvalue weighted by Gasteiger charge is -2.03. The second-order valence-electron chi connectivity index (χ2n) is 2.29. The van der Waals surface area contributed by atoms with E-state index in [-0.39, 0.29) is 5.91 Å². The SMILES string of the molecule is CNNC(=O)c1cc(OC)ccn1. The first-order valence-corrected chi connectivity index (χ1v) is 3.75. The minimum Gasteiger partial charge on any atom is -0.497 e. The molecule has 1 amide bonds. The number of aromatic nitrogens is 1. The Labute approximate surface area is 76.1 Å². The van der Waals surface area contributed by atoms with Gasteiger partial charge in [-0.15, -0.1) is 0 Å². The lowest BCUT2D eigenvalue weighted by atomic mass is 10.3. The summed E-state index contributed by atoms with van der Waals surface area (Å²) < 4.78 is 4.94. The van der Waals surface area contributed by atoms with Gasteiger partial charge in [0, 0.05) is 19.3 Å². The van der Waals surface area contributed by atoms with Crippen molar-refractivity contribution >= 4 is 5.91 Å². The van der Waals surface area contributed by atoms with Crippen LogP contribution in [0, 0.1) is 0 Å². The van der Waals surface area contributed by atoms with Crippen molar-refractivity contribution < 1.29 is 9.53 Å². The number of hydrogen-bond donors (Lipinski definition) is 2. The van der Waals surface area contributed by atoms with Crippen molar-refractivity contribution in [3.63, 3.8) is 0 Å². The number of methoxy groups -OCH3 is 1. The maximum absolute atomic E-state index is 11.2. The lowest BCUT2D eigenvalue weighted by Crippen LogP contribution is -2.34. The van der Waals surface area contributed by atoms with Crippen molar-refractivity contribution in [3.8, 4) is 5.75 Å². The fourth-order valence-electron chi connectivity index (χ4n) is 0.840. The molecule has 0 fully saturated rings. The number of rotatable bonds is 3. The first-order valence-electron chi connectivity index (χ1n) is 3.75. The van der Waals surface area contributed by atoms with Crippen LogP contribution in [0.5, 0.6) is 5.75 Å². The van der Waals surface area contributed by atoms with Gasteiger partial charge in [0.05, 0.1) is 7.11 Å². The third kappa shape index (κ3) is 2.41. The summed E-state index contributed by atoms with van der Waals surface area (Å²) in [7, 11) is 3.15. The Morgan fingerprint density at radius 1 is 1.62 bits per heavy atom. The quantitative estimate of drug-likeness (QED) is 0.642. The predicted molar refractivity (Wildman–Crippen MR) is 47.3 cm³/mol. The summed E-state index contributed by atoms with van der Waals surface area (Å²) in [6.45, 7) is 0. The highest BCUT2D eigenvalue weighted by atomic mass is 16.5. The van der Waals surface area contributed by atoms with Crippen LogP contribution in [0.2, 0.25) is 0 Å². The molecule has 5 nitrogen and oxygen atoms in total. The van der Waals surface area contributed by atoms with Crippen LogP contribution in [0.1, 0.15) is 10.5 Å². The number of hydrogen-bond acceptors (Lipinski definition) is 4.